The Bertz CT molecular complexity index is 310. The molecule has 0 heterocycles. The number of carbonyl (C=O) groups is 2. The van der Waals surface area contributed by atoms with E-state index in [9.17, 15) is 14.7 Å². The zero-order valence-corrected chi connectivity index (χ0v) is 12.7. The fourth-order valence-corrected chi connectivity index (χ4v) is 2.78. The van der Waals surface area contributed by atoms with Gasteiger partial charge in [0.05, 0.1) is 12.6 Å². The quantitative estimate of drug-likeness (QED) is 0.627. The largest absolute Gasteiger partial charge is 0.391 e. The van der Waals surface area contributed by atoms with Crippen LogP contribution in [0.15, 0.2) is 0 Å². The lowest BCUT2D eigenvalue weighted by atomic mass is 9.96. The van der Waals surface area contributed by atoms with Gasteiger partial charge in [-0.2, -0.15) is 0 Å². The Morgan fingerprint density at radius 2 is 1.75 bits per heavy atom. The lowest BCUT2D eigenvalue weighted by molar-refractivity contribution is -0.128. The van der Waals surface area contributed by atoms with Crippen LogP contribution in [-0.4, -0.2) is 36.1 Å². The topological polar surface area (TPSA) is 78.4 Å². The summed E-state index contributed by atoms with van der Waals surface area (Å²) in [6, 6.07) is 0. The molecule has 5 nitrogen and oxygen atoms in total. The van der Waals surface area contributed by atoms with Crippen molar-refractivity contribution < 1.29 is 14.7 Å². The van der Waals surface area contributed by atoms with E-state index >= 15 is 0 Å². The van der Waals surface area contributed by atoms with Crippen molar-refractivity contribution in [1.82, 2.24) is 10.6 Å². The smallest absolute Gasteiger partial charge is 0.239 e. The van der Waals surface area contributed by atoms with Crippen LogP contribution in [0.1, 0.15) is 52.4 Å². The maximum absolute atomic E-state index is 11.7. The second-order valence-electron chi connectivity index (χ2n) is 5.65. The van der Waals surface area contributed by atoms with Gasteiger partial charge in [0, 0.05) is 12.5 Å². The predicted octanol–water partition coefficient (Wildman–Crippen LogP) is 1.21. The summed E-state index contributed by atoms with van der Waals surface area (Å²) in [6.45, 7) is 4.32. The van der Waals surface area contributed by atoms with Crippen LogP contribution in [-0.2, 0) is 9.59 Å². The molecule has 0 aromatic heterocycles. The fourth-order valence-electron chi connectivity index (χ4n) is 2.78. The molecule has 1 atom stereocenters. The Hall–Kier alpha value is -1.10. The Balaban J connectivity index is 2.18. The van der Waals surface area contributed by atoms with Crippen LogP contribution in [0.25, 0.3) is 0 Å². The van der Waals surface area contributed by atoms with Crippen molar-refractivity contribution in [3.8, 4) is 0 Å². The predicted molar refractivity (Wildman–Crippen MR) is 78.1 cm³/mol. The molecule has 1 fully saturated rings. The molecule has 0 bridgehead atoms. The second kappa shape index (κ2) is 8.95. The first-order valence-corrected chi connectivity index (χ1v) is 7.80. The van der Waals surface area contributed by atoms with Gasteiger partial charge in [-0.25, -0.2) is 0 Å². The lowest BCUT2D eigenvalue weighted by Gasteiger charge is -2.20. The van der Waals surface area contributed by atoms with E-state index in [4.69, 9.17) is 0 Å². The van der Waals surface area contributed by atoms with Crippen molar-refractivity contribution >= 4 is 11.8 Å². The molecule has 2 amide bonds. The van der Waals surface area contributed by atoms with E-state index < -0.39 is 6.10 Å². The van der Waals surface area contributed by atoms with Crippen molar-refractivity contribution in [3.05, 3.63) is 0 Å². The summed E-state index contributed by atoms with van der Waals surface area (Å²) in [5.74, 6) is 0.0425. The third-order valence-electron chi connectivity index (χ3n) is 4.25. The minimum atomic E-state index is -0.514. The SMILES string of the molecule is CCC(CC)C(O)CNC(=O)CNC(=O)C1CCCC1. The third-order valence-corrected chi connectivity index (χ3v) is 4.25. The Labute approximate surface area is 121 Å². The number of amides is 2. The van der Waals surface area contributed by atoms with Gasteiger partial charge in [0.15, 0.2) is 0 Å². The Morgan fingerprint density at radius 3 is 2.30 bits per heavy atom. The van der Waals surface area contributed by atoms with Crippen molar-refractivity contribution in [3.63, 3.8) is 0 Å². The molecule has 0 saturated heterocycles. The zero-order chi connectivity index (χ0) is 15.0. The van der Waals surface area contributed by atoms with Crippen molar-refractivity contribution in [2.24, 2.45) is 11.8 Å². The molecule has 1 saturated carbocycles. The molecule has 3 N–H and O–H groups in total. The van der Waals surface area contributed by atoms with Gasteiger partial charge in [-0.1, -0.05) is 39.5 Å². The Kier molecular flexibility index (Phi) is 7.59. The molecule has 0 aliphatic heterocycles. The first-order valence-electron chi connectivity index (χ1n) is 7.80. The summed E-state index contributed by atoms with van der Waals surface area (Å²) in [4.78, 5) is 23.4. The average Bonchev–Trinajstić information content (AvgIpc) is 2.98. The number of nitrogens with one attached hydrogen (secondary N) is 2. The van der Waals surface area contributed by atoms with E-state index in [1.165, 1.54) is 0 Å². The fraction of sp³-hybridized carbons (Fsp3) is 0.867. The molecular formula is C15H28N2O3. The third kappa shape index (κ3) is 5.49. The normalized spacial score (nSPS) is 17.2. The first kappa shape index (κ1) is 17.0. The molecule has 1 aliphatic carbocycles. The van der Waals surface area contributed by atoms with Gasteiger partial charge in [-0.15, -0.1) is 0 Å². The maximum atomic E-state index is 11.7. The highest BCUT2D eigenvalue weighted by Gasteiger charge is 2.23. The van der Waals surface area contributed by atoms with E-state index in [2.05, 4.69) is 10.6 Å². The summed E-state index contributed by atoms with van der Waals surface area (Å²) in [6.07, 6.45) is 5.34. The monoisotopic (exact) mass is 284 g/mol. The highest BCUT2D eigenvalue weighted by molar-refractivity contribution is 5.85. The average molecular weight is 284 g/mol. The molecule has 1 unspecified atom stereocenters. The van der Waals surface area contributed by atoms with E-state index in [-0.39, 0.29) is 36.7 Å². The van der Waals surface area contributed by atoms with Crippen molar-refractivity contribution in [1.29, 1.82) is 0 Å². The molecule has 0 radical (unpaired) electrons. The molecule has 1 aliphatic rings. The molecule has 116 valence electrons. The summed E-state index contributed by atoms with van der Waals surface area (Å²) in [5, 5.41) is 15.3. The van der Waals surface area contributed by atoms with Gasteiger partial charge >= 0.3 is 0 Å². The Morgan fingerprint density at radius 1 is 1.15 bits per heavy atom. The molecule has 5 heteroatoms. The molecule has 1 rings (SSSR count). The number of hydrogen-bond acceptors (Lipinski definition) is 3. The number of hydrogen-bond donors (Lipinski definition) is 3. The van der Waals surface area contributed by atoms with Crippen LogP contribution in [0, 0.1) is 11.8 Å². The zero-order valence-electron chi connectivity index (χ0n) is 12.7. The van der Waals surface area contributed by atoms with Crippen LogP contribution < -0.4 is 10.6 Å². The first-order chi connectivity index (χ1) is 9.58. The maximum Gasteiger partial charge on any atom is 0.239 e. The van der Waals surface area contributed by atoms with Crippen LogP contribution in [0.5, 0.6) is 0 Å². The van der Waals surface area contributed by atoms with E-state index in [1.54, 1.807) is 0 Å². The highest BCUT2D eigenvalue weighted by Crippen LogP contribution is 2.24. The second-order valence-corrected chi connectivity index (χ2v) is 5.65. The molecular weight excluding hydrogens is 256 g/mol. The van der Waals surface area contributed by atoms with Gasteiger partial charge in [-0.05, 0) is 18.8 Å². The van der Waals surface area contributed by atoms with Gasteiger partial charge in [-0.3, -0.25) is 9.59 Å². The van der Waals surface area contributed by atoms with E-state index in [0.717, 1.165) is 38.5 Å². The lowest BCUT2D eigenvalue weighted by Crippen LogP contribution is -2.42. The van der Waals surface area contributed by atoms with Gasteiger partial charge in [0.1, 0.15) is 0 Å². The van der Waals surface area contributed by atoms with Crippen LogP contribution >= 0.6 is 0 Å². The molecule has 0 spiro atoms. The van der Waals surface area contributed by atoms with Crippen molar-refractivity contribution in [2.75, 3.05) is 13.1 Å². The van der Waals surface area contributed by atoms with Crippen LogP contribution in [0.2, 0.25) is 0 Å². The van der Waals surface area contributed by atoms with Crippen molar-refractivity contribution in [2.45, 2.75) is 58.5 Å². The molecule has 20 heavy (non-hydrogen) atoms. The van der Waals surface area contributed by atoms with Crippen LogP contribution in [0.3, 0.4) is 0 Å². The standard InChI is InChI=1S/C15H28N2O3/c1-3-11(4-2)13(18)9-16-14(19)10-17-15(20)12-7-5-6-8-12/h11-13,18H,3-10H2,1-2H3,(H,16,19)(H,17,20). The summed E-state index contributed by atoms with van der Waals surface area (Å²) in [7, 11) is 0. The number of aliphatic hydroxyl groups excluding tert-OH is 1. The summed E-state index contributed by atoms with van der Waals surface area (Å²) >= 11 is 0. The molecule has 0 aromatic carbocycles. The minimum Gasteiger partial charge on any atom is -0.391 e. The van der Waals surface area contributed by atoms with Gasteiger partial charge in [0.25, 0.3) is 0 Å². The number of aliphatic hydroxyl groups is 1. The van der Waals surface area contributed by atoms with E-state index in [1.807, 2.05) is 13.8 Å². The number of rotatable bonds is 8. The van der Waals surface area contributed by atoms with Crippen LogP contribution in [0.4, 0.5) is 0 Å². The van der Waals surface area contributed by atoms with Gasteiger partial charge in [0.2, 0.25) is 11.8 Å². The summed E-state index contributed by atoms with van der Waals surface area (Å²) < 4.78 is 0. The van der Waals surface area contributed by atoms with E-state index in [0.29, 0.717) is 0 Å². The number of carbonyl (C=O) groups excluding carboxylic acids is 2. The van der Waals surface area contributed by atoms with Gasteiger partial charge < -0.3 is 15.7 Å². The summed E-state index contributed by atoms with van der Waals surface area (Å²) in [5.41, 5.74) is 0. The highest BCUT2D eigenvalue weighted by atomic mass is 16.3. The molecule has 0 aromatic rings. The minimum absolute atomic E-state index is 0.00493.